The first-order valence-corrected chi connectivity index (χ1v) is 19.5. The van der Waals surface area contributed by atoms with Crippen molar-refractivity contribution in [3.63, 3.8) is 0 Å². The number of fused-ring (bicyclic) bond motifs is 5. The molecule has 8 aromatic carbocycles. The van der Waals surface area contributed by atoms with E-state index in [1.54, 1.807) is 0 Å². The van der Waals surface area contributed by atoms with Crippen molar-refractivity contribution in [1.82, 2.24) is 0 Å². The Labute approximate surface area is 325 Å². The zero-order chi connectivity index (χ0) is 37.4. The molecule has 266 valence electrons. The Bertz CT molecular complexity index is 2710. The van der Waals surface area contributed by atoms with Crippen LogP contribution in [0.25, 0.3) is 62.0 Å². The summed E-state index contributed by atoms with van der Waals surface area (Å²) in [6.07, 6.45) is 11.3. The van der Waals surface area contributed by atoms with Gasteiger partial charge in [-0.05, 0) is 115 Å². The van der Waals surface area contributed by atoms with E-state index in [0.717, 1.165) is 35.5 Å². The van der Waals surface area contributed by atoms with E-state index in [0.29, 0.717) is 0 Å². The quantitative estimate of drug-likeness (QED) is 0.118. The topological polar surface area (TPSA) is 3.24 Å². The van der Waals surface area contributed by atoms with Crippen LogP contribution in [0.1, 0.15) is 55.0 Å². The molecule has 55 heavy (non-hydrogen) atoms. The van der Waals surface area contributed by atoms with Crippen molar-refractivity contribution in [2.75, 3.05) is 4.90 Å². The van der Waals surface area contributed by atoms with Gasteiger partial charge in [0.1, 0.15) is 0 Å². The Balaban J connectivity index is 1.15. The Morgan fingerprint density at radius 3 is 1.93 bits per heavy atom. The molecule has 0 aliphatic heterocycles. The minimum absolute atomic E-state index is 0.0661. The van der Waals surface area contributed by atoms with Gasteiger partial charge in [-0.15, -0.1) is 0 Å². The van der Waals surface area contributed by atoms with E-state index >= 15 is 0 Å². The summed E-state index contributed by atoms with van der Waals surface area (Å²) in [5.74, 6) is 0. The molecule has 0 aromatic heterocycles. The number of hydrogen-bond donors (Lipinski definition) is 0. The third-order valence-electron chi connectivity index (χ3n) is 11.1. The van der Waals surface area contributed by atoms with Gasteiger partial charge in [0.05, 0.1) is 5.69 Å². The highest BCUT2D eigenvalue weighted by Crippen LogP contribution is 2.44. The molecule has 8 aromatic rings. The minimum atomic E-state index is -0.0661. The molecule has 0 saturated carbocycles. The van der Waals surface area contributed by atoms with Gasteiger partial charge in [-0.3, -0.25) is 0 Å². The number of allylic oxidation sites excluding steroid dienone is 1. The fourth-order valence-corrected chi connectivity index (χ4v) is 8.35. The zero-order valence-electron chi connectivity index (χ0n) is 31.8. The lowest BCUT2D eigenvalue weighted by molar-refractivity contribution is 0.592. The first-order chi connectivity index (χ1) is 26.9. The van der Waals surface area contributed by atoms with E-state index in [4.69, 9.17) is 0 Å². The molecule has 0 amide bonds. The van der Waals surface area contributed by atoms with Crippen molar-refractivity contribution in [2.45, 2.75) is 39.0 Å². The molecular weight excluding hydrogens is 663 g/mol. The van der Waals surface area contributed by atoms with Crippen molar-refractivity contribution in [2.24, 2.45) is 0 Å². The van der Waals surface area contributed by atoms with Crippen LogP contribution < -0.4 is 4.90 Å². The van der Waals surface area contributed by atoms with Crippen LogP contribution in [0.2, 0.25) is 0 Å². The summed E-state index contributed by atoms with van der Waals surface area (Å²) in [4.78, 5) is 2.42. The summed E-state index contributed by atoms with van der Waals surface area (Å²) < 4.78 is 0. The predicted octanol–water partition coefficient (Wildman–Crippen LogP) is 15.2. The van der Waals surface area contributed by atoms with Crippen LogP contribution in [-0.2, 0) is 11.8 Å². The zero-order valence-corrected chi connectivity index (χ0v) is 31.8. The number of nitrogens with zero attached hydrogens (tertiary/aromatic N) is 1. The van der Waals surface area contributed by atoms with E-state index in [-0.39, 0.29) is 5.41 Å². The molecule has 0 unspecified atom stereocenters. The Hall–Kier alpha value is -6.44. The standard InChI is InChI=1S/C54H45N/c1-54(2,3)50-37-46(35-36-47(50)39-15-6-4-7-16-39)55(51-24-13-12-22-48(51)40-17-8-5-9-18-40)45-33-26-38(27-34-45)25-28-42-20-14-21-43-31-32-44-30-29-41-19-10-11-23-49(41)53(44)52(42)43/h4-10,12-22,24-37H,11,23H2,1-3H3. The van der Waals surface area contributed by atoms with Gasteiger partial charge in [0.2, 0.25) is 0 Å². The van der Waals surface area contributed by atoms with Gasteiger partial charge < -0.3 is 4.90 Å². The van der Waals surface area contributed by atoms with Gasteiger partial charge in [-0.2, -0.15) is 0 Å². The summed E-state index contributed by atoms with van der Waals surface area (Å²) in [6.45, 7) is 6.94. The van der Waals surface area contributed by atoms with Crippen molar-refractivity contribution in [3.05, 3.63) is 204 Å². The van der Waals surface area contributed by atoms with Crippen LogP contribution in [-0.4, -0.2) is 0 Å². The van der Waals surface area contributed by atoms with Crippen LogP contribution in [0, 0.1) is 0 Å². The van der Waals surface area contributed by atoms with Crippen LogP contribution >= 0.6 is 0 Å². The van der Waals surface area contributed by atoms with Crippen molar-refractivity contribution < 1.29 is 0 Å². The smallest absolute Gasteiger partial charge is 0.0540 e. The van der Waals surface area contributed by atoms with Gasteiger partial charge in [-0.25, -0.2) is 0 Å². The fraction of sp³-hybridized carbons (Fsp3) is 0.111. The maximum atomic E-state index is 2.42. The number of rotatable bonds is 7. The van der Waals surface area contributed by atoms with Gasteiger partial charge in [-0.1, -0.05) is 185 Å². The molecule has 0 bridgehead atoms. The lowest BCUT2D eigenvalue weighted by atomic mass is 9.81. The second-order valence-electron chi connectivity index (χ2n) is 15.7. The molecule has 0 radical (unpaired) electrons. The number of para-hydroxylation sites is 1. The molecule has 0 heterocycles. The van der Waals surface area contributed by atoms with Crippen LogP contribution in [0.4, 0.5) is 17.1 Å². The molecule has 0 saturated heterocycles. The summed E-state index contributed by atoms with van der Waals surface area (Å²) in [6, 6.07) is 62.1. The van der Waals surface area contributed by atoms with Crippen molar-refractivity contribution in [1.29, 1.82) is 0 Å². The number of aryl methyl sites for hydroxylation is 1. The molecule has 0 spiro atoms. The first kappa shape index (κ1) is 34.3. The Kier molecular flexibility index (Phi) is 9.00. The van der Waals surface area contributed by atoms with Crippen molar-refractivity contribution >= 4 is 56.8 Å². The van der Waals surface area contributed by atoms with Crippen molar-refractivity contribution in [3.8, 4) is 22.3 Å². The second kappa shape index (κ2) is 14.4. The summed E-state index contributed by atoms with van der Waals surface area (Å²) in [5.41, 5.74) is 14.8. The third-order valence-corrected chi connectivity index (χ3v) is 11.1. The fourth-order valence-electron chi connectivity index (χ4n) is 8.35. The predicted molar refractivity (Wildman–Crippen MR) is 238 cm³/mol. The summed E-state index contributed by atoms with van der Waals surface area (Å²) in [5, 5.41) is 5.34. The molecule has 1 heteroatoms. The van der Waals surface area contributed by atoms with Crippen LogP contribution in [0.3, 0.4) is 0 Å². The molecule has 1 nitrogen and oxygen atoms in total. The second-order valence-corrected chi connectivity index (χ2v) is 15.7. The average Bonchev–Trinajstić information content (AvgIpc) is 3.23. The van der Waals surface area contributed by atoms with Gasteiger partial charge in [0.15, 0.2) is 0 Å². The molecular formula is C54H45N. The molecule has 0 atom stereocenters. The molecule has 1 aliphatic rings. The third kappa shape index (κ3) is 6.68. The number of hydrogen-bond acceptors (Lipinski definition) is 1. The maximum Gasteiger partial charge on any atom is 0.0540 e. The summed E-state index contributed by atoms with van der Waals surface area (Å²) >= 11 is 0. The van der Waals surface area contributed by atoms with E-state index in [1.165, 1.54) is 66.1 Å². The van der Waals surface area contributed by atoms with Crippen LogP contribution in [0.5, 0.6) is 0 Å². The SMILES string of the molecule is CC(C)(C)c1cc(N(c2ccc(C=Cc3cccc4ccc5ccc6c(c5c34)CCC=C6)cc2)c2ccccc2-c2ccccc2)ccc1-c1ccccc1. The molecule has 0 N–H and O–H groups in total. The highest BCUT2D eigenvalue weighted by molar-refractivity contribution is 6.14. The largest absolute Gasteiger partial charge is 0.310 e. The summed E-state index contributed by atoms with van der Waals surface area (Å²) in [7, 11) is 0. The number of anilines is 3. The highest BCUT2D eigenvalue weighted by atomic mass is 15.1. The van der Waals surface area contributed by atoms with E-state index in [2.05, 4.69) is 220 Å². The van der Waals surface area contributed by atoms with Crippen LogP contribution in [0.15, 0.2) is 176 Å². The normalized spacial score (nSPS) is 12.7. The van der Waals surface area contributed by atoms with E-state index < -0.39 is 0 Å². The molecule has 1 aliphatic carbocycles. The number of benzene rings is 8. The monoisotopic (exact) mass is 707 g/mol. The van der Waals surface area contributed by atoms with E-state index in [1.807, 2.05) is 0 Å². The van der Waals surface area contributed by atoms with Gasteiger partial charge in [0.25, 0.3) is 0 Å². The molecule has 0 fully saturated rings. The van der Waals surface area contributed by atoms with Gasteiger partial charge >= 0.3 is 0 Å². The molecule has 9 rings (SSSR count). The maximum absolute atomic E-state index is 2.42. The van der Waals surface area contributed by atoms with E-state index in [9.17, 15) is 0 Å². The highest BCUT2D eigenvalue weighted by Gasteiger charge is 2.23. The first-order valence-electron chi connectivity index (χ1n) is 19.5. The minimum Gasteiger partial charge on any atom is -0.310 e. The lowest BCUT2D eigenvalue weighted by Crippen LogP contribution is -2.16. The lowest BCUT2D eigenvalue weighted by Gasteiger charge is -2.31. The Morgan fingerprint density at radius 2 is 1.18 bits per heavy atom. The van der Waals surface area contributed by atoms with Gasteiger partial charge in [0, 0.05) is 16.9 Å². The Morgan fingerprint density at radius 1 is 0.527 bits per heavy atom. The average molecular weight is 708 g/mol.